The second kappa shape index (κ2) is 8.32. The molecule has 0 fully saturated rings. The number of thiazole rings is 1. The van der Waals surface area contributed by atoms with E-state index in [4.69, 9.17) is 9.47 Å². The second-order valence-corrected chi connectivity index (χ2v) is 7.45. The Balaban J connectivity index is 1.77. The van der Waals surface area contributed by atoms with Crippen molar-refractivity contribution in [3.8, 4) is 16.3 Å². The number of carbonyl (C=O) groups excluding carboxylic acids is 2. The predicted molar refractivity (Wildman–Crippen MR) is 107 cm³/mol. The fourth-order valence-corrected chi connectivity index (χ4v) is 4.23. The van der Waals surface area contributed by atoms with Crippen molar-refractivity contribution in [2.24, 2.45) is 0 Å². The highest BCUT2D eigenvalue weighted by molar-refractivity contribution is 7.18. The number of rotatable bonds is 6. The van der Waals surface area contributed by atoms with Crippen LogP contribution in [0.5, 0.6) is 5.75 Å². The van der Waals surface area contributed by atoms with Gasteiger partial charge in [0.25, 0.3) is 5.91 Å². The lowest BCUT2D eigenvalue weighted by Crippen LogP contribution is -2.11. The number of methoxy groups -OCH3 is 1. The molecule has 27 heavy (non-hydrogen) atoms. The molecule has 1 aromatic carbocycles. The molecule has 140 valence electrons. The lowest BCUT2D eigenvalue weighted by atomic mass is 10.2. The number of amides is 1. The Kier molecular flexibility index (Phi) is 5.88. The van der Waals surface area contributed by atoms with E-state index in [1.54, 1.807) is 32.4 Å². The van der Waals surface area contributed by atoms with E-state index in [2.05, 4.69) is 10.3 Å². The maximum Gasteiger partial charge on any atom is 0.348 e. The van der Waals surface area contributed by atoms with Crippen molar-refractivity contribution < 1.29 is 19.1 Å². The number of para-hydroxylation sites is 1. The van der Waals surface area contributed by atoms with Crippen LogP contribution in [0.3, 0.4) is 0 Å². The number of esters is 1. The fourth-order valence-electron chi connectivity index (χ4n) is 2.44. The van der Waals surface area contributed by atoms with Gasteiger partial charge in [0.2, 0.25) is 0 Å². The number of anilines is 1. The molecule has 2 heterocycles. The topological polar surface area (TPSA) is 77.5 Å². The molecule has 0 saturated heterocycles. The van der Waals surface area contributed by atoms with E-state index in [0.29, 0.717) is 32.9 Å². The van der Waals surface area contributed by atoms with Crippen LogP contribution in [0.15, 0.2) is 35.7 Å². The maximum atomic E-state index is 12.5. The van der Waals surface area contributed by atoms with Crippen molar-refractivity contribution in [3.05, 3.63) is 51.8 Å². The lowest BCUT2D eigenvalue weighted by molar-refractivity contribution is 0.0531. The number of thiophene rings is 1. The molecule has 3 aromatic rings. The number of hydrogen-bond donors (Lipinski definition) is 1. The molecular weight excluding hydrogens is 384 g/mol. The molecule has 0 radical (unpaired) electrons. The first-order valence-corrected chi connectivity index (χ1v) is 9.91. The number of aromatic nitrogens is 1. The van der Waals surface area contributed by atoms with Crippen molar-refractivity contribution in [3.63, 3.8) is 0 Å². The summed E-state index contributed by atoms with van der Waals surface area (Å²) in [5.41, 5.74) is 1.91. The lowest BCUT2D eigenvalue weighted by Gasteiger charge is -2.04. The number of aryl methyl sites for hydroxylation is 1. The van der Waals surface area contributed by atoms with Crippen molar-refractivity contribution in [1.29, 1.82) is 0 Å². The summed E-state index contributed by atoms with van der Waals surface area (Å²) in [6, 6.07) is 9.27. The third kappa shape index (κ3) is 4.17. The van der Waals surface area contributed by atoms with Crippen LogP contribution in [0.4, 0.5) is 5.00 Å². The highest BCUT2D eigenvalue weighted by atomic mass is 32.1. The van der Waals surface area contributed by atoms with Crippen LogP contribution in [0.25, 0.3) is 10.6 Å². The first-order valence-electron chi connectivity index (χ1n) is 8.21. The minimum absolute atomic E-state index is 0.308. The number of benzene rings is 1. The molecule has 3 rings (SSSR count). The molecule has 0 saturated carbocycles. The standard InChI is InChI=1S/C19H18N2O4S2/c1-4-25-19(23)16-11(2)9-15(27-16)21-17(22)13-10-26-18(20-13)12-7-5-6-8-14(12)24-3/h5-10H,4H2,1-3H3,(H,21,22). The maximum absolute atomic E-state index is 12.5. The molecule has 0 aliphatic rings. The zero-order valence-corrected chi connectivity index (χ0v) is 16.7. The molecule has 2 aromatic heterocycles. The Morgan fingerprint density at radius 3 is 2.78 bits per heavy atom. The summed E-state index contributed by atoms with van der Waals surface area (Å²) in [6.45, 7) is 3.87. The van der Waals surface area contributed by atoms with E-state index in [0.717, 1.165) is 11.1 Å². The largest absolute Gasteiger partial charge is 0.496 e. The Bertz CT molecular complexity index is 978. The Labute approximate surface area is 164 Å². The van der Waals surface area contributed by atoms with E-state index in [1.165, 1.54) is 22.7 Å². The van der Waals surface area contributed by atoms with Gasteiger partial charge < -0.3 is 14.8 Å². The van der Waals surface area contributed by atoms with Crippen molar-refractivity contribution >= 4 is 39.6 Å². The smallest absolute Gasteiger partial charge is 0.348 e. The highest BCUT2D eigenvalue weighted by Crippen LogP contribution is 2.32. The molecule has 6 nitrogen and oxygen atoms in total. The van der Waals surface area contributed by atoms with E-state index in [1.807, 2.05) is 24.3 Å². The molecule has 0 atom stereocenters. The van der Waals surface area contributed by atoms with Gasteiger partial charge in [-0.25, -0.2) is 9.78 Å². The van der Waals surface area contributed by atoms with Gasteiger partial charge in [-0.15, -0.1) is 22.7 Å². The molecule has 1 amide bonds. The van der Waals surface area contributed by atoms with E-state index >= 15 is 0 Å². The summed E-state index contributed by atoms with van der Waals surface area (Å²) in [5.74, 6) is -0.0107. The first-order chi connectivity index (χ1) is 13.0. The van der Waals surface area contributed by atoms with Crippen molar-refractivity contribution in [2.45, 2.75) is 13.8 Å². The highest BCUT2D eigenvalue weighted by Gasteiger charge is 2.18. The average molecular weight is 402 g/mol. The molecule has 0 spiro atoms. The van der Waals surface area contributed by atoms with Gasteiger partial charge in [0.1, 0.15) is 21.3 Å². The van der Waals surface area contributed by atoms with Crippen LogP contribution < -0.4 is 10.1 Å². The number of hydrogen-bond acceptors (Lipinski definition) is 7. The molecular formula is C19H18N2O4S2. The third-order valence-corrected chi connectivity index (χ3v) is 5.70. The molecule has 0 bridgehead atoms. The summed E-state index contributed by atoms with van der Waals surface area (Å²) in [7, 11) is 1.60. The van der Waals surface area contributed by atoms with Gasteiger partial charge >= 0.3 is 5.97 Å². The number of carbonyl (C=O) groups is 2. The van der Waals surface area contributed by atoms with Crippen LogP contribution >= 0.6 is 22.7 Å². The Morgan fingerprint density at radius 2 is 2.04 bits per heavy atom. The van der Waals surface area contributed by atoms with Gasteiger partial charge in [0.15, 0.2) is 0 Å². The summed E-state index contributed by atoms with van der Waals surface area (Å²) in [6.07, 6.45) is 0. The summed E-state index contributed by atoms with van der Waals surface area (Å²) in [5, 5.41) is 5.77. The van der Waals surface area contributed by atoms with Crippen LogP contribution in [0, 0.1) is 6.92 Å². The van der Waals surface area contributed by atoms with Crippen molar-refractivity contribution in [2.75, 3.05) is 19.0 Å². The van der Waals surface area contributed by atoms with Crippen LogP contribution in [0.1, 0.15) is 32.6 Å². The zero-order chi connectivity index (χ0) is 19.4. The molecule has 0 aliphatic heterocycles. The number of nitrogens with one attached hydrogen (secondary N) is 1. The molecule has 1 N–H and O–H groups in total. The van der Waals surface area contributed by atoms with Gasteiger partial charge in [0, 0.05) is 5.38 Å². The van der Waals surface area contributed by atoms with Crippen LogP contribution in [0.2, 0.25) is 0 Å². The van der Waals surface area contributed by atoms with Crippen LogP contribution in [-0.4, -0.2) is 30.6 Å². The first kappa shape index (κ1) is 19.1. The van der Waals surface area contributed by atoms with E-state index in [-0.39, 0.29) is 11.9 Å². The summed E-state index contributed by atoms with van der Waals surface area (Å²) in [4.78, 5) is 29.3. The normalized spacial score (nSPS) is 10.5. The van der Waals surface area contributed by atoms with Gasteiger partial charge in [-0.2, -0.15) is 0 Å². The minimum Gasteiger partial charge on any atom is -0.496 e. The van der Waals surface area contributed by atoms with E-state index in [9.17, 15) is 9.59 Å². The van der Waals surface area contributed by atoms with Gasteiger partial charge in [-0.3, -0.25) is 4.79 Å². The molecule has 0 unspecified atom stereocenters. The minimum atomic E-state index is -0.382. The molecule has 0 aliphatic carbocycles. The molecule has 8 heteroatoms. The predicted octanol–water partition coefficient (Wildman–Crippen LogP) is 4.62. The fraction of sp³-hybridized carbons (Fsp3) is 0.211. The third-order valence-electron chi connectivity index (χ3n) is 3.69. The van der Waals surface area contributed by atoms with Gasteiger partial charge in [-0.05, 0) is 37.6 Å². The van der Waals surface area contributed by atoms with Gasteiger partial charge in [0.05, 0.1) is 24.3 Å². The average Bonchev–Trinajstić information content (AvgIpc) is 3.29. The van der Waals surface area contributed by atoms with E-state index < -0.39 is 0 Å². The summed E-state index contributed by atoms with van der Waals surface area (Å²) < 4.78 is 10.4. The monoisotopic (exact) mass is 402 g/mol. The SMILES string of the molecule is CCOC(=O)c1sc(NC(=O)c2csc(-c3ccccc3OC)n2)cc1C. The quantitative estimate of drug-likeness (QED) is 0.609. The van der Waals surface area contributed by atoms with Gasteiger partial charge in [-0.1, -0.05) is 12.1 Å². The zero-order valence-electron chi connectivity index (χ0n) is 15.1. The van der Waals surface area contributed by atoms with Crippen LogP contribution in [-0.2, 0) is 4.74 Å². The summed E-state index contributed by atoms with van der Waals surface area (Å²) >= 11 is 2.56. The second-order valence-electron chi connectivity index (χ2n) is 5.54. The number of ether oxygens (including phenoxy) is 2. The Morgan fingerprint density at radius 1 is 1.26 bits per heavy atom. The Hall–Kier alpha value is -2.71. The number of nitrogens with zero attached hydrogens (tertiary/aromatic N) is 1. The van der Waals surface area contributed by atoms with Crippen molar-refractivity contribution in [1.82, 2.24) is 4.98 Å².